The van der Waals surface area contributed by atoms with E-state index >= 15 is 0 Å². The Kier molecular flexibility index (Phi) is 9.57. The Balaban J connectivity index is 1.95. The number of carbonyl (C=O) groups excluding carboxylic acids is 3. The summed E-state index contributed by atoms with van der Waals surface area (Å²) in [5.74, 6) is -2.34. The van der Waals surface area contributed by atoms with Crippen molar-refractivity contribution < 1.29 is 29.0 Å². The van der Waals surface area contributed by atoms with E-state index in [1.165, 1.54) is 0 Å². The number of likely N-dealkylation sites (tertiary alicyclic amines) is 1. The van der Waals surface area contributed by atoms with Crippen LogP contribution < -0.4 is 0 Å². The maximum atomic E-state index is 14.0. The first-order valence-corrected chi connectivity index (χ1v) is 13.6. The monoisotopic (exact) mass is 554 g/mol. The number of alkyl halides is 1. The van der Waals surface area contributed by atoms with E-state index in [4.69, 9.17) is 14.6 Å². The number of hydrogen-bond acceptors (Lipinski definition) is 6. The van der Waals surface area contributed by atoms with E-state index in [2.05, 4.69) is 29.1 Å². The molecule has 6 atom stereocenters. The number of aliphatic hydroxyl groups is 1. The predicted molar refractivity (Wildman–Crippen MR) is 136 cm³/mol. The van der Waals surface area contributed by atoms with E-state index in [0.717, 1.165) is 12.8 Å². The maximum Gasteiger partial charge on any atom is 0.312 e. The number of esters is 1. The SMILES string of the molecule is C=CCCOC(=O)[C@H]1[C@@H]2OC3(CC2Br)C(C(=O)N(CC=C)C(C)C)N(CCCCCCO)C(=O)[C@H]13. The van der Waals surface area contributed by atoms with Crippen molar-refractivity contribution in [3.05, 3.63) is 25.3 Å². The van der Waals surface area contributed by atoms with Crippen LogP contribution in [0.15, 0.2) is 25.3 Å². The number of ether oxygens (including phenoxy) is 2. The van der Waals surface area contributed by atoms with Crippen LogP contribution in [0.25, 0.3) is 0 Å². The zero-order chi connectivity index (χ0) is 25.8. The number of nitrogens with zero attached hydrogens (tertiary/aromatic N) is 2. The van der Waals surface area contributed by atoms with Crippen molar-refractivity contribution >= 4 is 33.7 Å². The Bertz CT molecular complexity index is 820. The summed E-state index contributed by atoms with van der Waals surface area (Å²) < 4.78 is 12.0. The van der Waals surface area contributed by atoms with Crippen LogP contribution in [0.3, 0.4) is 0 Å². The molecular weight excluding hydrogens is 516 g/mol. The Morgan fingerprint density at radius 1 is 1.29 bits per heavy atom. The molecule has 0 radical (unpaired) electrons. The Morgan fingerprint density at radius 2 is 2.00 bits per heavy atom. The number of amides is 2. The maximum absolute atomic E-state index is 14.0. The lowest BCUT2D eigenvalue weighted by Gasteiger charge is -2.38. The van der Waals surface area contributed by atoms with E-state index in [9.17, 15) is 14.4 Å². The van der Waals surface area contributed by atoms with Gasteiger partial charge in [-0.3, -0.25) is 14.4 Å². The summed E-state index contributed by atoms with van der Waals surface area (Å²) in [5, 5.41) is 9.07. The molecule has 3 rings (SSSR count). The Labute approximate surface area is 216 Å². The molecule has 0 aliphatic carbocycles. The first-order valence-electron chi connectivity index (χ1n) is 12.7. The largest absolute Gasteiger partial charge is 0.465 e. The van der Waals surface area contributed by atoms with Crippen molar-refractivity contribution in [3.63, 3.8) is 0 Å². The smallest absolute Gasteiger partial charge is 0.312 e. The van der Waals surface area contributed by atoms with Gasteiger partial charge in [-0.25, -0.2) is 0 Å². The molecule has 0 aromatic carbocycles. The third-order valence-corrected chi connectivity index (χ3v) is 8.25. The molecule has 1 N–H and O–H groups in total. The molecule has 2 amide bonds. The number of rotatable bonds is 14. The van der Waals surface area contributed by atoms with Gasteiger partial charge in [-0.2, -0.15) is 0 Å². The van der Waals surface area contributed by atoms with Crippen molar-refractivity contribution in [1.29, 1.82) is 0 Å². The van der Waals surface area contributed by atoms with Gasteiger partial charge in [-0.15, -0.1) is 13.2 Å². The summed E-state index contributed by atoms with van der Waals surface area (Å²) >= 11 is 3.67. The number of halogens is 1. The summed E-state index contributed by atoms with van der Waals surface area (Å²) in [4.78, 5) is 44.3. The molecule has 9 heteroatoms. The molecule has 3 unspecified atom stereocenters. The van der Waals surface area contributed by atoms with Crippen LogP contribution >= 0.6 is 15.9 Å². The molecule has 2 bridgehead atoms. The molecule has 3 aliphatic heterocycles. The molecule has 196 valence electrons. The normalized spacial score (nSPS) is 31.1. The molecule has 3 fully saturated rings. The fourth-order valence-electron chi connectivity index (χ4n) is 5.86. The third kappa shape index (κ3) is 5.23. The summed E-state index contributed by atoms with van der Waals surface area (Å²) in [7, 11) is 0. The summed E-state index contributed by atoms with van der Waals surface area (Å²) in [6.45, 7) is 12.4. The summed E-state index contributed by atoms with van der Waals surface area (Å²) in [5.41, 5.74) is -1.07. The minimum atomic E-state index is -1.07. The van der Waals surface area contributed by atoms with E-state index in [0.29, 0.717) is 38.8 Å². The first kappa shape index (κ1) is 27.9. The molecule has 8 nitrogen and oxygen atoms in total. The van der Waals surface area contributed by atoms with Gasteiger partial charge >= 0.3 is 5.97 Å². The van der Waals surface area contributed by atoms with Crippen LogP contribution in [0.2, 0.25) is 0 Å². The fraction of sp³-hybridized carbons (Fsp3) is 0.731. The number of aliphatic hydroxyl groups excluding tert-OH is 1. The van der Waals surface area contributed by atoms with E-state index in [1.54, 1.807) is 22.0 Å². The van der Waals surface area contributed by atoms with Crippen LogP contribution in [0, 0.1) is 11.8 Å². The van der Waals surface area contributed by atoms with Crippen molar-refractivity contribution in [3.8, 4) is 0 Å². The third-order valence-electron chi connectivity index (χ3n) is 7.40. The van der Waals surface area contributed by atoms with Gasteiger partial charge in [0.15, 0.2) is 0 Å². The minimum Gasteiger partial charge on any atom is -0.465 e. The van der Waals surface area contributed by atoms with Crippen molar-refractivity contribution in [2.45, 2.75) is 81.0 Å². The minimum absolute atomic E-state index is 0.0875. The molecular formula is C26H39BrN2O6. The highest BCUT2D eigenvalue weighted by atomic mass is 79.9. The molecule has 3 heterocycles. The van der Waals surface area contributed by atoms with Crippen LogP contribution in [0.5, 0.6) is 0 Å². The zero-order valence-corrected chi connectivity index (χ0v) is 22.5. The van der Waals surface area contributed by atoms with Crippen LogP contribution in [0.1, 0.15) is 52.4 Å². The second-order valence-electron chi connectivity index (χ2n) is 9.95. The van der Waals surface area contributed by atoms with Crippen LogP contribution in [-0.2, 0) is 23.9 Å². The first-order chi connectivity index (χ1) is 16.7. The molecule has 0 aromatic rings. The fourth-order valence-corrected chi connectivity index (χ4v) is 6.80. The van der Waals surface area contributed by atoms with Gasteiger partial charge in [0.05, 0.1) is 24.5 Å². The predicted octanol–water partition coefficient (Wildman–Crippen LogP) is 2.83. The standard InChI is InChI=1S/C26H39BrN2O6/c1-5-7-15-34-25(33)19-20-23(31)29(13-10-8-9-11-14-30)22(24(32)28(12-6-2)17(3)4)26(20)16-18(27)21(19)35-26/h5-6,17-22,30H,1-2,7-16H2,3-4H3/t18?,19-,20+,21-,22?,26?/m1/s1. The van der Waals surface area contributed by atoms with Crippen molar-refractivity contribution in [1.82, 2.24) is 9.80 Å². The second-order valence-corrected chi connectivity index (χ2v) is 11.1. The quantitative estimate of drug-likeness (QED) is 0.153. The Morgan fingerprint density at radius 3 is 2.63 bits per heavy atom. The van der Waals surface area contributed by atoms with Crippen molar-refractivity contribution in [2.75, 3.05) is 26.3 Å². The molecule has 3 saturated heterocycles. The molecule has 3 aliphatic rings. The van der Waals surface area contributed by atoms with Gasteiger partial charge in [0, 0.05) is 30.6 Å². The lowest BCUT2D eigenvalue weighted by atomic mass is 9.70. The van der Waals surface area contributed by atoms with Crippen molar-refractivity contribution in [2.24, 2.45) is 11.8 Å². The van der Waals surface area contributed by atoms with Gasteiger partial charge in [-0.05, 0) is 39.5 Å². The average molecular weight is 556 g/mol. The van der Waals surface area contributed by atoms with E-state index in [-0.39, 0.29) is 35.9 Å². The number of fused-ring (bicyclic) bond motifs is 1. The highest BCUT2D eigenvalue weighted by Gasteiger charge is 2.77. The van der Waals surface area contributed by atoms with Gasteiger partial charge in [0.25, 0.3) is 0 Å². The molecule has 0 saturated carbocycles. The molecule has 35 heavy (non-hydrogen) atoms. The van der Waals surface area contributed by atoms with Crippen LogP contribution in [-0.4, -0.2) is 87.6 Å². The second kappa shape index (κ2) is 12.0. The molecule has 1 spiro atoms. The average Bonchev–Trinajstić information content (AvgIpc) is 3.40. The van der Waals surface area contributed by atoms with E-state index < -0.39 is 35.6 Å². The summed E-state index contributed by atoms with van der Waals surface area (Å²) in [6.07, 6.45) is 6.93. The highest BCUT2D eigenvalue weighted by molar-refractivity contribution is 9.09. The van der Waals surface area contributed by atoms with Gasteiger partial charge < -0.3 is 24.4 Å². The number of unbranched alkanes of at least 4 members (excludes halogenated alkanes) is 3. The van der Waals surface area contributed by atoms with Gasteiger partial charge in [0.1, 0.15) is 11.6 Å². The molecule has 0 aromatic heterocycles. The highest BCUT2D eigenvalue weighted by Crippen LogP contribution is 2.60. The number of hydrogen-bond donors (Lipinski definition) is 1. The van der Waals surface area contributed by atoms with Gasteiger partial charge in [0.2, 0.25) is 11.8 Å². The van der Waals surface area contributed by atoms with Crippen LogP contribution in [0.4, 0.5) is 0 Å². The summed E-state index contributed by atoms with van der Waals surface area (Å²) in [6, 6.07) is -0.897. The lowest BCUT2D eigenvalue weighted by Crippen LogP contribution is -2.58. The zero-order valence-electron chi connectivity index (χ0n) is 20.9. The van der Waals surface area contributed by atoms with E-state index in [1.807, 2.05) is 13.8 Å². The number of carbonyl (C=O) groups is 3. The van der Waals surface area contributed by atoms with Gasteiger partial charge in [-0.1, -0.05) is 40.9 Å². The Hall–Kier alpha value is -1.71. The lowest BCUT2D eigenvalue weighted by molar-refractivity contribution is -0.155. The topological polar surface area (TPSA) is 96.4 Å².